The number of hydrogen-bond donors (Lipinski definition) is 1. The minimum atomic E-state index is 0.102. The van der Waals surface area contributed by atoms with Crippen LogP contribution in [0.15, 0.2) is 24.5 Å². The summed E-state index contributed by atoms with van der Waals surface area (Å²) < 4.78 is 2.13. The van der Waals surface area contributed by atoms with Crippen molar-refractivity contribution >= 4 is 5.65 Å². The summed E-state index contributed by atoms with van der Waals surface area (Å²) in [5.74, 6) is 0. The molecule has 0 spiro atoms. The highest BCUT2D eigenvalue weighted by molar-refractivity contribution is 5.44. The van der Waals surface area contributed by atoms with E-state index in [2.05, 4.69) is 59.9 Å². The zero-order chi connectivity index (χ0) is 14.2. The lowest BCUT2D eigenvalue weighted by Gasteiger charge is -2.27. The van der Waals surface area contributed by atoms with E-state index in [0.29, 0.717) is 0 Å². The highest BCUT2D eigenvalue weighted by Gasteiger charge is 2.17. The van der Waals surface area contributed by atoms with Crippen LogP contribution in [0.2, 0.25) is 0 Å². The first-order valence-electron chi connectivity index (χ1n) is 7.43. The Morgan fingerprint density at radius 2 is 2.00 bits per heavy atom. The van der Waals surface area contributed by atoms with Crippen LogP contribution in [0.1, 0.15) is 32.0 Å². The molecule has 0 unspecified atom stereocenters. The molecule has 2 aromatic heterocycles. The fraction of sp³-hybridized carbons (Fsp3) is 0.562. The van der Waals surface area contributed by atoms with Crippen molar-refractivity contribution in [3.8, 4) is 0 Å². The Hall–Kier alpha value is -1.39. The number of nitrogens with zero attached hydrogens (tertiary/aromatic N) is 3. The predicted octanol–water partition coefficient (Wildman–Crippen LogP) is 2.04. The molecular formula is C16H24N4. The number of pyridine rings is 1. The lowest BCUT2D eigenvalue weighted by Crippen LogP contribution is -2.42. The summed E-state index contributed by atoms with van der Waals surface area (Å²) in [6, 6.07) is 4.43. The molecule has 1 aliphatic heterocycles. The second-order valence-corrected chi connectivity index (χ2v) is 6.70. The monoisotopic (exact) mass is 272 g/mol. The van der Waals surface area contributed by atoms with Crippen molar-refractivity contribution in [2.75, 3.05) is 26.2 Å². The molecular weight excluding hydrogens is 248 g/mol. The van der Waals surface area contributed by atoms with Crippen molar-refractivity contribution in [2.45, 2.75) is 32.7 Å². The summed E-state index contributed by atoms with van der Waals surface area (Å²) >= 11 is 0. The van der Waals surface area contributed by atoms with Crippen LogP contribution in [-0.2, 0) is 12.0 Å². The van der Waals surface area contributed by atoms with Gasteiger partial charge in [0.25, 0.3) is 0 Å². The van der Waals surface area contributed by atoms with Crippen molar-refractivity contribution in [3.63, 3.8) is 0 Å². The topological polar surface area (TPSA) is 32.6 Å². The maximum Gasteiger partial charge on any atom is 0.137 e. The molecule has 1 fully saturated rings. The van der Waals surface area contributed by atoms with Gasteiger partial charge in [-0.05, 0) is 17.7 Å². The number of aromatic nitrogens is 2. The molecule has 2 aromatic rings. The van der Waals surface area contributed by atoms with Gasteiger partial charge >= 0.3 is 0 Å². The van der Waals surface area contributed by atoms with Crippen LogP contribution in [0.4, 0.5) is 0 Å². The van der Waals surface area contributed by atoms with Crippen molar-refractivity contribution in [1.82, 2.24) is 19.6 Å². The molecule has 108 valence electrons. The minimum Gasteiger partial charge on any atom is -0.314 e. The number of fused-ring (bicyclic) bond motifs is 1. The third-order valence-electron chi connectivity index (χ3n) is 3.91. The van der Waals surface area contributed by atoms with Crippen LogP contribution in [0, 0.1) is 0 Å². The first-order chi connectivity index (χ1) is 9.52. The second-order valence-electron chi connectivity index (χ2n) is 6.70. The smallest absolute Gasteiger partial charge is 0.137 e. The third-order valence-corrected chi connectivity index (χ3v) is 3.91. The van der Waals surface area contributed by atoms with Gasteiger partial charge in [0.2, 0.25) is 0 Å². The Morgan fingerprint density at radius 1 is 1.25 bits per heavy atom. The average Bonchev–Trinajstić information content (AvgIpc) is 2.83. The molecule has 0 atom stereocenters. The maximum atomic E-state index is 4.77. The lowest BCUT2D eigenvalue weighted by atomic mass is 9.93. The number of nitrogens with one attached hydrogen (secondary N) is 1. The van der Waals surface area contributed by atoms with Gasteiger partial charge in [0.1, 0.15) is 5.65 Å². The Morgan fingerprint density at radius 3 is 2.70 bits per heavy atom. The number of piperazine rings is 1. The molecule has 3 heterocycles. The summed E-state index contributed by atoms with van der Waals surface area (Å²) in [7, 11) is 0. The van der Waals surface area contributed by atoms with Crippen LogP contribution in [0.25, 0.3) is 5.65 Å². The largest absolute Gasteiger partial charge is 0.314 e. The van der Waals surface area contributed by atoms with E-state index in [9.17, 15) is 0 Å². The van der Waals surface area contributed by atoms with Gasteiger partial charge in [-0.3, -0.25) is 4.90 Å². The number of hydrogen-bond acceptors (Lipinski definition) is 3. The van der Waals surface area contributed by atoms with E-state index in [4.69, 9.17) is 4.98 Å². The third kappa shape index (κ3) is 2.86. The summed E-state index contributed by atoms with van der Waals surface area (Å²) in [5, 5.41) is 3.39. The van der Waals surface area contributed by atoms with E-state index in [-0.39, 0.29) is 5.41 Å². The number of imidazole rings is 1. The molecule has 0 aliphatic carbocycles. The van der Waals surface area contributed by atoms with Crippen LogP contribution in [0.5, 0.6) is 0 Å². The highest BCUT2D eigenvalue weighted by atomic mass is 15.2. The van der Waals surface area contributed by atoms with Gasteiger partial charge < -0.3 is 9.72 Å². The standard InChI is InChI=1S/C16H24N4/c1-16(2,3)14-12-20-7-4-13(10-15(20)18-14)11-19-8-5-17-6-9-19/h4,7,10,12,17H,5-6,8-9,11H2,1-3H3. The first kappa shape index (κ1) is 13.6. The molecule has 4 nitrogen and oxygen atoms in total. The second kappa shape index (κ2) is 5.19. The Bertz CT molecular complexity index is 588. The van der Waals surface area contributed by atoms with Crippen LogP contribution >= 0.6 is 0 Å². The van der Waals surface area contributed by atoms with E-state index in [0.717, 1.165) is 44.1 Å². The number of rotatable bonds is 2. The van der Waals surface area contributed by atoms with Gasteiger partial charge in [-0.25, -0.2) is 4.98 Å². The molecule has 1 saturated heterocycles. The summed E-state index contributed by atoms with van der Waals surface area (Å²) in [6.45, 7) is 12.1. The summed E-state index contributed by atoms with van der Waals surface area (Å²) in [5.41, 5.74) is 3.66. The van der Waals surface area contributed by atoms with E-state index < -0.39 is 0 Å². The zero-order valence-corrected chi connectivity index (χ0v) is 12.7. The molecule has 0 bridgehead atoms. The molecule has 0 saturated carbocycles. The molecule has 1 aliphatic rings. The fourth-order valence-corrected chi connectivity index (χ4v) is 2.61. The highest BCUT2D eigenvalue weighted by Crippen LogP contribution is 2.22. The van der Waals surface area contributed by atoms with E-state index in [1.54, 1.807) is 0 Å². The molecule has 0 aromatic carbocycles. The lowest BCUT2D eigenvalue weighted by molar-refractivity contribution is 0.233. The molecule has 3 rings (SSSR count). The van der Waals surface area contributed by atoms with Crippen molar-refractivity contribution in [3.05, 3.63) is 35.8 Å². The van der Waals surface area contributed by atoms with E-state index in [1.807, 2.05) is 0 Å². The van der Waals surface area contributed by atoms with Crippen molar-refractivity contribution < 1.29 is 0 Å². The maximum absolute atomic E-state index is 4.77. The zero-order valence-electron chi connectivity index (χ0n) is 12.7. The van der Waals surface area contributed by atoms with Crippen LogP contribution < -0.4 is 5.32 Å². The molecule has 4 heteroatoms. The summed E-state index contributed by atoms with van der Waals surface area (Å²) in [4.78, 5) is 7.27. The Balaban J connectivity index is 1.82. The van der Waals surface area contributed by atoms with Crippen LogP contribution in [0.3, 0.4) is 0 Å². The minimum absolute atomic E-state index is 0.102. The van der Waals surface area contributed by atoms with Gasteiger partial charge in [0.15, 0.2) is 0 Å². The predicted molar refractivity (Wildman–Crippen MR) is 82.0 cm³/mol. The molecule has 1 N–H and O–H groups in total. The Kier molecular flexibility index (Phi) is 3.52. The van der Waals surface area contributed by atoms with Gasteiger partial charge in [-0.1, -0.05) is 20.8 Å². The molecule has 20 heavy (non-hydrogen) atoms. The van der Waals surface area contributed by atoms with Gasteiger partial charge in [-0.2, -0.15) is 0 Å². The summed E-state index contributed by atoms with van der Waals surface area (Å²) in [6.07, 6.45) is 4.28. The average molecular weight is 272 g/mol. The van der Waals surface area contributed by atoms with Crippen molar-refractivity contribution in [2.24, 2.45) is 0 Å². The quantitative estimate of drug-likeness (QED) is 0.908. The fourth-order valence-electron chi connectivity index (χ4n) is 2.61. The van der Waals surface area contributed by atoms with Gasteiger partial charge in [0.05, 0.1) is 5.69 Å². The van der Waals surface area contributed by atoms with E-state index in [1.165, 1.54) is 5.56 Å². The SMILES string of the molecule is CC(C)(C)c1cn2ccc(CN3CCNCC3)cc2n1. The van der Waals surface area contributed by atoms with E-state index >= 15 is 0 Å². The molecule has 0 radical (unpaired) electrons. The first-order valence-corrected chi connectivity index (χ1v) is 7.43. The van der Waals surface area contributed by atoms with Gasteiger partial charge in [0, 0.05) is 50.5 Å². The van der Waals surface area contributed by atoms with Crippen LogP contribution in [-0.4, -0.2) is 40.5 Å². The Labute approximate surface area is 120 Å². The molecule has 0 amide bonds. The van der Waals surface area contributed by atoms with Gasteiger partial charge in [-0.15, -0.1) is 0 Å². The van der Waals surface area contributed by atoms with Crippen molar-refractivity contribution in [1.29, 1.82) is 0 Å². The normalized spacial score (nSPS) is 17.8.